The van der Waals surface area contributed by atoms with Crippen LogP contribution in [0.5, 0.6) is 0 Å². The van der Waals surface area contributed by atoms with Gasteiger partial charge in [-0.05, 0) is 31.4 Å². The second-order valence-corrected chi connectivity index (χ2v) is 2.91. The van der Waals surface area contributed by atoms with E-state index in [1.165, 1.54) is 0 Å². The summed E-state index contributed by atoms with van der Waals surface area (Å²) in [7, 11) is 0. The largest absolute Gasteiger partial charge is 0.367 e. The Hall–Kier alpha value is -0.560. The first kappa shape index (κ1) is 7.55. The van der Waals surface area contributed by atoms with E-state index in [9.17, 15) is 0 Å². The highest BCUT2D eigenvalue weighted by Crippen LogP contribution is 2.25. The SMILES string of the molecule is C=C1CC(=C)C(C)OC1C. The minimum Gasteiger partial charge on any atom is -0.367 e. The third-order valence-electron chi connectivity index (χ3n) is 2.01. The van der Waals surface area contributed by atoms with Crippen molar-refractivity contribution in [2.45, 2.75) is 32.5 Å². The summed E-state index contributed by atoms with van der Waals surface area (Å²) in [5, 5.41) is 0. The summed E-state index contributed by atoms with van der Waals surface area (Å²) in [5.74, 6) is 0. The molecule has 0 aromatic heterocycles. The van der Waals surface area contributed by atoms with Crippen LogP contribution in [0.15, 0.2) is 24.3 Å². The molecule has 0 saturated carbocycles. The molecule has 1 fully saturated rings. The van der Waals surface area contributed by atoms with Crippen LogP contribution in [0, 0.1) is 0 Å². The van der Waals surface area contributed by atoms with Crippen molar-refractivity contribution in [1.29, 1.82) is 0 Å². The van der Waals surface area contributed by atoms with E-state index in [0.29, 0.717) is 0 Å². The average molecular weight is 138 g/mol. The first-order valence-corrected chi connectivity index (χ1v) is 3.62. The Labute approximate surface area is 62.4 Å². The van der Waals surface area contributed by atoms with Gasteiger partial charge in [-0.1, -0.05) is 13.2 Å². The lowest BCUT2D eigenvalue weighted by molar-refractivity contribution is 0.0328. The molecule has 10 heavy (non-hydrogen) atoms. The molecule has 0 aromatic rings. The van der Waals surface area contributed by atoms with E-state index in [1.807, 2.05) is 13.8 Å². The van der Waals surface area contributed by atoms with Gasteiger partial charge in [0.2, 0.25) is 0 Å². The van der Waals surface area contributed by atoms with E-state index in [2.05, 4.69) is 13.2 Å². The van der Waals surface area contributed by atoms with Gasteiger partial charge in [0.1, 0.15) is 0 Å². The summed E-state index contributed by atoms with van der Waals surface area (Å²) in [6, 6.07) is 0. The zero-order chi connectivity index (χ0) is 7.72. The molecular weight excluding hydrogens is 124 g/mol. The van der Waals surface area contributed by atoms with Gasteiger partial charge in [0.25, 0.3) is 0 Å². The summed E-state index contributed by atoms with van der Waals surface area (Å²) in [6.07, 6.45) is 1.35. The molecule has 2 atom stereocenters. The Balaban J connectivity index is 2.63. The van der Waals surface area contributed by atoms with Crippen molar-refractivity contribution in [3.63, 3.8) is 0 Å². The summed E-state index contributed by atoms with van der Waals surface area (Å²) in [6.45, 7) is 11.9. The highest BCUT2D eigenvalue weighted by molar-refractivity contribution is 5.19. The topological polar surface area (TPSA) is 9.23 Å². The molecule has 2 unspecified atom stereocenters. The predicted octanol–water partition coefficient (Wildman–Crippen LogP) is 2.30. The van der Waals surface area contributed by atoms with Crippen LogP contribution in [0.3, 0.4) is 0 Å². The summed E-state index contributed by atoms with van der Waals surface area (Å²) >= 11 is 0. The Morgan fingerprint density at radius 1 is 1.20 bits per heavy atom. The second kappa shape index (κ2) is 2.59. The molecule has 0 radical (unpaired) electrons. The van der Waals surface area contributed by atoms with E-state index < -0.39 is 0 Å². The molecule has 1 heteroatoms. The van der Waals surface area contributed by atoms with Crippen LogP contribution in [0.25, 0.3) is 0 Å². The Morgan fingerprint density at radius 3 is 1.90 bits per heavy atom. The van der Waals surface area contributed by atoms with Crippen molar-refractivity contribution in [2.24, 2.45) is 0 Å². The molecule has 0 bridgehead atoms. The molecule has 0 aliphatic carbocycles. The molecule has 1 aliphatic rings. The number of rotatable bonds is 0. The molecule has 1 heterocycles. The molecule has 1 nitrogen and oxygen atoms in total. The third kappa shape index (κ3) is 1.29. The predicted molar refractivity (Wildman–Crippen MR) is 42.9 cm³/mol. The highest BCUT2D eigenvalue weighted by Gasteiger charge is 2.20. The Bertz CT molecular complexity index is 152. The van der Waals surface area contributed by atoms with Crippen LogP contribution in [-0.2, 0) is 4.74 Å². The lowest BCUT2D eigenvalue weighted by atomic mass is 9.97. The lowest BCUT2D eigenvalue weighted by Crippen LogP contribution is -2.26. The van der Waals surface area contributed by atoms with Gasteiger partial charge >= 0.3 is 0 Å². The zero-order valence-corrected chi connectivity index (χ0v) is 6.68. The maximum Gasteiger partial charge on any atom is 0.0765 e. The standard InChI is InChI=1S/C9H14O/c1-6-5-7(2)9(4)10-8(6)3/h8-9H,1-2,5H2,3-4H3. The van der Waals surface area contributed by atoms with E-state index in [-0.39, 0.29) is 12.2 Å². The van der Waals surface area contributed by atoms with Gasteiger partial charge < -0.3 is 4.74 Å². The van der Waals surface area contributed by atoms with Gasteiger partial charge in [-0.3, -0.25) is 0 Å². The Morgan fingerprint density at radius 2 is 1.60 bits per heavy atom. The molecule has 1 aliphatic heterocycles. The van der Waals surface area contributed by atoms with Gasteiger partial charge in [-0.15, -0.1) is 0 Å². The van der Waals surface area contributed by atoms with Crippen LogP contribution >= 0.6 is 0 Å². The van der Waals surface area contributed by atoms with Crippen LogP contribution < -0.4 is 0 Å². The Kier molecular flexibility index (Phi) is 1.95. The summed E-state index contributed by atoms with van der Waals surface area (Å²) in [4.78, 5) is 0. The fraction of sp³-hybridized carbons (Fsp3) is 0.556. The maximum atomic E-state index is 5.51. The molecule has 0 aromatic carbocycles. The van der Waals surface area contributed by atoms with Crippen molar-refractivity contribution in [1.82, 2.24) is 0 Å². The normalized spacial score (nSPS) is 34.6. The molecular formula is C9H14O. The number of hydrogen-bond acceptors (Lipinski definition) is 1. The third-order valence-corrected chi connectivity index (χ3v) is 2.01. The van der Waals surface area contributed by atoms with Crippen molar-refractivity contribution >= 4 is 0 Å². The smallest absolute Gasteiger partial charge is 0.0765 e. The minimum absolute atomic E-state index is 0.209. The molecule has 0 spiro atoms. The number of ether oxygens (including phenoxy) is 1. The maximum absolute atomic E-state index is 5.51. The van der Waals surface area contributed by atoms with E-state index in [0.717, 1.165) is 17.6 Å². The monoisotopic (exact) mass is 138 g/mol. The zero-order valence-electron chi connectivity index (χ0n) is 6.68. The van der Waals surface area contributed by atoms with Crippen molar-refractivity contribution in [3.05, 3.63) is 24.3 Å². The molecule has 1 rings (SSSR count). The molecule has 0 N–H and O–H groups in total. The van der Waals surface area contributed by atoms with E-state index in [1.54, 1.807) is 0 Å². The van der Waals surface area contributed by atoms with Gasteiger partial charge in [-0.25, -0.2) is 0 Å². The van der Waals surface area contributed by atoms with Gasteiger partial charge in [-0.2, -0.15) is 0 Å². The van der Waals surface area contributed by atoms with Gasteiger partial charge in [0.05, 0.1) is 12.2 Å². The van der Waals surface area contributed by atoms with E-state index in [4.69, 9.17) is 4.74 Å². The fourth-order valence-corrected chi connectivity index (χ4v) is 1.08. The van der Waals surface area contributed by atoms with Crippen molar-refractivity contribution < 1.29 is 4.74 Å². The minimum atomic E-state index is 0.209. The molecule has 56 valence electrons. The number of hydrogen-bond donors (Lipinski definition) is 0. The average Bonchev–Trinajstić information content (AvgIpc) is 1.84. The first-order chi connectivity index (χ1) is 4.61. The van der Waals surface area contributed by atoms with Crippen LogP contribution in [0.2, 0.25) is 0 Å². The van der Waals surface area contributed by atoms with E-state index >= 15 is 0 Å². The highest BCUT2D eigenvalue weighted by atomic mass is 16.5. The lowest BCUT2D eigenvalue weighted by Gasteiger charge is -2.29. The summed E-state index contributed by atoms with van der Waals surface area (Å²) < 4.78 is 5.51. The second-order valence-electron chi connectivity index (χ2n) is 2.91. The van der Waals surface area contributed by atoms with Crippen LogP contribution in [-0.4, -0.2) is 12.2 Å². The van der Waals surface area contributed by atoms with Gasteiger partial charge in [0.15, 0.2) is 0 Å². The van der Waals surface area contributed by atoms with Crippen molar-refractivity contribution in [3.8, 4) is 0 Å². The quantitative estimate of drug-likeness (QED) is 0.467. The summed E-state index contributed by atoms with van der Waals surface area (Å²) in [5.41, 5.74) is 2.28. The van der Waals surface area contributed by atoms with Crippen LogP contribution in [0.1, 0.15) is 20.3 Å². The fourth-order valence-electron chi connectivity index (χ4n) is 1.08. The molecule has 1 saturated heterocycles. The van der Waals surface area contributed by atoms with Crippen LogP contribution in [0.4, 0.5) is 0 Å². The van der Waals surface area contributed by atoms with Crippen molar-refractivity contribution in [2.75, 3.05) is 0 Å². The van der Waals surface area contributed by atoms with Gasteiger partial charge in [0, 0.05) is 0 Å². The first-order valence-electron chi connectivity index (χ1n) is 3.62. The molecule has 0 amide bonds.